The first-order valence-electron chi connectivity index (χ1n) is 7.71. The average molecular weight is 318 g/mol. The van der Waals surface area contributed by atoms with E-state index in [1.807, 2.05) is 37.3 Å². The summed E-state index contributed by atoms with van der Waals surface area (Å²) in [6.07, 6.45) is 0.0977. The Labute approximate surface area is 135 Å². The highest BCUT2D eigenvalue weighted by molar-refractivity contribution is 5.89. The third-order valence-corrected chi connectivity index (χ3v) is 4.29. The number of amides is 2. The quantitative estimate of drug-likeness (QED) is 0.863. The zero-order valence-electron chi connectivity index (χ0n) is 13.4. The van der Waals surface area contributed by atoms with Crippen LogP contribution in [0.5, 0.6) is 0 Å². The van der Waals surface area contributed by atoms with Gasteiger partial charge in [0.25, 0.3) is 0 Å². The fraction of sp³-hybridized carbons (Fsp3) is 0.471. The molecule has 0 unspecified atom stereocenters. The van der Waals surface area contributed by atoms with Gasteiger partial charge in [0.1, 0.15) is 0 Å². The van der Waals surface area contributed by atoms with Crippen molar-refractivity contribution >= 4 is 17.8 Å². The molecule has 2 rings (SSSR count). The van der Waals surface area contributed by atoms with Crippen molar-refractivity contribution in [2.75, 3.05) is 20.1 Å². The van der Waals surface area contributed by atoms with E-state index in [9.17, 15) is 14.4 Å². The molecule has 2 atom stereocenters. The lowest BCUT2D eigenvalue weighted by molar-refractivity contribution is -0.139. The second kappa shape index (κ2) is 7.26. The van der Waals surface area contributed by atoms with Crippen LogP contribution in [0.4, 0.5) is 0 Å². The smallest absolute Gasteiger partial charge is 0.305 e. The predicted molar refractivity (Wildman–Crippen MR) is 84.6 cm³/mol. The number of carboxylic acids is 1. The Morgan fingerprint density at radius 3 is 2.61 bits per heavy atom. The summed E-state index contributed by atoms with van der Waals surface area (Å²) in [5, 5.41) is 8.69. The molecule has 1 aliphatic rings. The molecule has 23 heavy (non-hydrogen) atoms. The minimum absolute atomic E-state index is 0.0358. The summed E-state index contributed by atoms with van der Waals surface area (Å²) >= 11 is 0. The number of carbonyl (C=O) groups excluding carboxylic acids is 2. The van der Waals surface area contributed by atoms with Gasteiger partial charge in [-0.3, -0.25) is 14.4 Å². The van der Waals surface area contributed by atoms with E-state index in [1.54, 1.807) is 11.9 Å². The van der Waals surface area contributed by atoms with Crippen molar-refractivity contribution in [3.63, 3.8) is 0 Å². The lowest BCUT2D eigenvalue weighted by atomic mass is 10.1. The molecule has 2 amide bonds. The lowest BCUT2D eigenvalue weighted by Gasteiger charge is -2.26. The Kier molecular flexibility index (Phi) is 5.36. The maximum absolute atomic E-state index is 12.4. The maximum Gasteiger partial charge on any atom is 0.305 e. The highest BCUT2D eigenvalue weighted by Crippen LogP contribution is 2.29. The maximum atomic E-state index is 12.4. The highest BCUT2D eigenvalue weighted by Gasteiger charge is 2.38. The van der Waals surface area contributed by atoms with Crippen molar-refractivity contribution in [2.24, 2.45) is 5.92 Å². The number of hydrogen-bond acceptors (Lipinski definition) is 3. The number of aliphatic carboxylic acids is 1. The van der Waals surface area contributed by atoms with Crippen molar-refractivity contribution < 1.29 is 19.5 Å². The monoisotopic (exact) mass is 318 g/mol. The molecule has 6 heteroatoms. The van der Waals surface area contributed by atoms with Gasteiger partial charge in [-0.1, -0.05) is 30.3 Å². The lowest BCUT2D eigenvalue weighted by Crippen LogP contribution is -2.36. The average Bonchev–Trinajstić information content (AvgIpc) is 2.93. The normalized spacial score (nSPS) is 18.8. The van der Waals surface area contributed by atoms with Gasteiger partial charge in [0.15, 0.2) is 0 Å². The van der Waals surface area contributed by atoms with Crippen molar-refractivity contribution in [3.05, 3.63) is 35.9 Å². The number of rotatable bonds is 6. The van der Waals surface area contributed by atoms with Crippen LogP contribution >= 0.6 is 0 Å². The summed E-state index contributed by atoms with van der Waals surface area (Å²) in [5.41, 5.74) is 1.04. The molecule has 1 heterocycles. The number of benzene rings is 1. The Morgan fingerprint density at radius 2 is 2.00 bits per heavy atom. The van der Waals surface area contributed by atoms with E-state index >= 15 is 0 Å². The van der Waals surface area contributed by atoms with Crippen molar-refractivity contribution in [3.8, 4) is 0 Å². The molecule has 0 aliphatic carbocycles. The third kappa shape index (κ3) is 4.09. The van der Waals surface area contributed by atoms with Crippen molar-refractivity contribution in [1.29, 1.82) is 0 Å². The van der Waals surface area contributed by atoms with Crippen LogP contribution in [-0.4, -0.2) is 52.8 Å². The van der Waals surface area contributed by atoms with E-state index in [4.69, 9.17) is 5.11 Å². The van der Waals surface area contributed by atoms with Crippen molar-refractivity contribution in [2.45, 2.75) is 25.8 Å². The van der Waals surface area contributed by atoms with Gasteiger partial charge in [-0.25, -0.2) is 0 Å². The van der Waals surface area contributed by atoms with Gasteiger partial charge < -0.3 is 14.9 Å². The molecule has 0 spiro atoms. The van der Waals surface area contributed by atoms with Crippen LogP contribution in [0, 0.1) is 5.92 Å². The molecular formula is C17H22N2O4. The standard InChI is InChI=1S/C17H22N2O4/c1-12(13-6-4-3-5-7-13)19-11-14(10-15(19)20)17(23)18(2)9-8-16(21)22/h3-7,12,14H,8-11H2,1-2H3,(H,21,22)/t12-,14+/m0/s1. The molecule has 6 nitrogen and oxygen atoms in total. The molecule has 0 aromatic heterocycles. The van der Waals surface area contributed by atoms with E-state index < -0.39 is 11.9 Å². The van der Waals surface area contributed by atoms with E-state index in [-0.39, 0.29) is 37.2 Å². The highest BCUT2D eigenvalue weighted by atomic mass is 16.4. The van der Waals surface area contributed by atoms with Gasteiger partial charge in [0.2, 0.25) is 11.8 Å². The zero-order valence-corrected chi connectivity index (χ0v) is 13.4. The van der Waals surface area contributed by atoms with E-state index in [0.29, 0.717) is 6.54 Å². The van der Waals surface area contributed by atoms with E-state index in [0.717, 1.165) is 5.56 Å². The van der Waals surface area contributed by atoms with Crippen LogP contribution < -0.4 is 0 Å². The Balaban J connectivity index is 1.99. The Bertz CT molecular complexity index is 588. The molecule has 0 radical (unpaired) electrons. The molecular weight excluding hydrogens is 296 g/mol. The summed E-state index contributed by atoms with van der Waals surface area (Å²) in [7, 11) is 1.58. The summed E-state index contributed by atoms with van der Waals surface area (Å²) in [4.78, 5) is 38.3. The summed E-state index contributed by atoms with van der Waals surface area (Å²) < 4.78 is 0. The molecule has 124 valence electrons. The van der Waals surface area contributed by atoms with Crippen LogP contribution in [0.25, 0.3) is 0 Å². The van der Waals surface area contributed by atoms with Gasteiger partial charge in [-0.15, -0.1) is 0 Å². The molecule has 1 saturated heterocycles. The summed E-state index contributed by atoms with van der Waals surface area (Å²) in [5.74, 6) is -1.53. The van der Waals surface area contributed by atoms with E-state index in [1.165, 1.54) is 4.90 Å². The van der Waals surface area contributed by atoms with Gasteiger partial charge in [0.05, 0.1) is 18.4 Å². The van der Waals surface area contributed by atoms with Gasteiger partial charge in [0, 0.05) is 26.6 Å². The minimum Gasteiger partial charge on any atom is -0.481 e. The van der Waals surface area contributed by atoms with E-state index in [2.05, 4.69) is 0 Å². The molecule has 1 N–H and O–H groups in total. The first-order valence-corrected chi connectivity index (χ1v) is 7.71. The van der Waals surface area contributed by atoms with Crippen LogP contribution in [0.15, 0.2) is 30.3 Å². The second-order valence-electron chi connectivity index (χ2n) is 5.94. The second-order valence-corrected chi connectivity index (χ2v) is 5.94. The number of carboxylic acid groups (broad SMARTS) is 1. The van der Waals surface area contributed by atoms with Gasteiger partial charge in [-0.2, -0.15) is 0 Å². The molecule has 0 saturated carbocycles. The topological polar surface area (TPSA) is 77.9 Å². The fourth-order valence-corrected chi connectivity index (χ4v) is 2.87. The third-order valence-electron chi connectivity index (χ3n) is 4.29. The predicted octanol–water partition coefficient (Wildman–Crippen LogP) is 1.53. The van der Waals surface area contributed by atoms with Crippen LogP contribution in [0.1, 0.15) is 31.4 Å². The number of hydrogen-bond donors (Lipinski definition) is 1. The molecule has 1 aromatic rings. The number of nitrogens with zero attached hydrogens (tertiary/aromatic N) is 2. The number of likely N-dealkylation sites (tertiary alicyclic amines) is 1. The fourth-order valence-electron chi connectivity index (χ4n) is 2.87. The van der Waals surface area contributed by atoms with Gasteiger partial charge in [-0.05, 0) is 12.5 Å². The summed E-state index contributed by atoms with van der Waals surface area (Å²) in [6, 6.07) is 9.62. The molecule has 1 aliphatic heterocycles. The van der Waals surface area contributed by atoms with Crippen LogP contribution in [-0.2, 0) is 14.4 Å². The molecule has 1 aromatic carbocycles. The largest absolute Gasteiger partial charge is 0.481 e. The number of carbonyl (C=O) groups is 3. The van der Waals surface area contributed by atoms with Crippen molar-refractivity contribution in [1.82, 2.24) is 9.80 Å². The summed E-state index contributed by atoms with van der Waals surface area (Å²) in [6.45, 7) is 2.49. The van der Waals surface area contributed by atoms with Gasteiger partial charge >= 0.3 is 5.97 Å². The van der Waals surface area contributed by atoms with Crippen LogP contribution in [0.2, 0.25) is 0 Å². The minimum atomic E-state index is -0.938. The zero-order chi connectivity index (χ0) is 17.0. The van der Waals surface area contributed by atoms with Crippen LogP contribution in [0.3, 0.4) is 0 Å². The SMILES string of the molecule is C[C@@H](c1ccccc1)N1C[C@H](C(=O)N(C)CCC(=O)O)CC1=O. The first-order chi connectivity index (χ1) is 10.9. The molecule has 1 fully saturated rings. The molecule has 0 bridgehead atoms. The Morgan fingerprint density at radius 1 is 1.35 bits per heavy atom. The first kappa shape index (κ1) is 17.0. The Hall–Kier alpha value is -2.37.